The summed E-state index contributed by atoms with van der Waals surface area (Å²) < 4.78 is 17.8. The van der Waals surface area contributed by atoms with E-state index >= 15 is 0 Å². The molecule has 1 aliphatic heterocycles. The van der Waals surface area contributed by atoms with Crippen molar-refractivity contribution in [2.45, 2.75) is 19.9 Å². The Bertz CT molecular complexity index is 1170. The van der Waals surface area contributed by atoms with Gasteiger partial charge in [0.25, 0.3) is 5.91 Å². The molecule has 1 atom stereocenters. The van der Waals surface area contributed by atoms with Crippen LogP contribution in [0.5, 0.6) is 11.5 Å². The summed E-state index contributed by atoms with van der Waals surface area (Å²) in [6.07, 6.45) is 0. The van der Waals surface area contributed by atoms with Crippen LogP contribution in [-0.4, -0.2) is 19.6 Å². The summed E-state index contributed by atoms with van der Waals surface area (Å²) in [5.41, 5.74) is 1.17. The fourth-order valence-electron chi connectivity index (χ4n) is 3.37. The van der Waals surface area contributed by atoms with Crippen molar-refractivity contribution in [3.05, 3.63) is 68.0 Å². The van der Waals surface area contributed by atoms with Gasteiger partial charge in [0, 0.05) is 4.47 Å². The van der Waals surface area contributed by atoms with Gasteiger partial charge in [-0.2, -0.15) is 0 Å². The standard InChI is InChI=1S/C22H20BrNO5/c1-11(2)10-28-16-6-4-12(8-17(16)27-3)19-18-20(25)14-9-13(23)5-7-15(14)29-21(18)22(26)24-19/h4-9,11,19H,10H2,1-3H3,(H,24,26). The van der Waals surface area contributed by atoms with Gasteiger partial charge in [-0.15, -0.1) is 0 Å². The molecule has 0 bridgehead atoms. The first-order valence-electron chi connectivity index (χ1n) is 9.27. The van der Waals surface area contributed by atoms with Crippen molar-refractivity contribution in [3.63, 3.8) is 0 Å². The quantitative estimate of drug-likeness (QED) is 0.612. The number of methoxy groups -OCH3 is 1. The Hall–Kier alpha value is -2.80. The van der Waals surface area contributed by atoms with Crippen molar-refractivity contribution in [2.24, 2.45) is 5.92 Å². The molecule has 3 aromatic rings. The van der Waals surface area contributed by atoms with Crippen molar-refractivity contribution < 1.29 is 18.7 Å². The SMILES string of the molecule is COc1cc(C2NC(=O)c3oc4ccc(Br)cc4c(=O)c32)ccc1OCC(C)C. The number of hydrogen-bond acceptors (Lipinski definition) is 5. The zero-order valence-electron chi connectivity index (χ0n) is 16.2. The van der Waals surface area contributed by atoms with Crippen LogP contribution in [0.15, 0.2) is 50.1 Å². The number of rotatable bonds is 5. The summed E-state index contributed by atoms with van der Waals surface area (Å²) >= 11 is 3.38. The lowest BCUT2D eigenvalue weighted by atomic mass is 9.99. The molecule has 0 spiro atoms. The van der Waals surface area contributed by atoms with Crippen LogP contribution in [0.2, 0.25) is 0 Å². The van der Waals surface area contributed by atoms with E-state index in [9.17, 15) is 9.59 Å². The van der Waals surface area contributed by atoms with Gasteiger partial charge in [0.05, 0.1) is 30.7 Å². The molecule has 1 amide bonds. The fourth-order valence-corrected chi connectivity index (χ4v) is 3.73. The highest BCUT2D eigenvalue weighted by Crippen LogP contribution is 2.36. The lowest BCUT2D eigenvalue weighted by Gasteiger charge is -2.16. The minimum Gasteiger partial charge on any atom is -0.493 e. The van der Waals surface area contributed by atoms with Gasteiger partial charge in [-0.3, -0.25) is 9.59 Å². The monoisotopic (exact) mass is 457 g/mol. The van der Waals surface area contributed by atoms with E-state index in [0.717, 1.165) is 4.47 Å². The van der Waals surface area contributed by atoms with Gasteiger partial charge < -0.3 is 19.2 Å². The first-order valence-corrected chi connectivity index (χ1v) is 10.1. The smallest absolute Gasteiger partial charge is 0.288 e. The second-order valence-electron chi connectivity index (χ2n) is 7.34. The normalized spacial score (nSPS) is 15.5. The highest BCUT2D eigenvalue weighted by Gasteiger charge is 2.36. The summed E-state index contributed by atoms with van der Waals surface area (Å²) in [4.78, 5) is 25.7. The number of nitrogens with one attached hydrogen (secondary N) is 1. The van der Waals surface area contributed by atoms with Gasteiger partial charge in [0.2, 0.25) is 5.76 Å². The summed E-state index contributed by atoms with van der Waals surface area (Å²) in [7, 11) is 1.56. The van der Waals surface area contributed by atoms with Crippen LogP contribution < -0.4 is 20.2 Å². The molecule has 4 rings (SSSR count). The van der Waals surface area contributed by atoms with Crippen LogP contribution in [0.3, 0.4) is 0 Å². The third kappa shape index (κ3) is 3.51. The van der Waals surface area contributed by atoms with Gasteiger partial charge in [0.1, 0.15) is 5.58 Å². The van der Waals surface area contributed by atoms with Gasteiger partial charge in [0.15, 0.2) is 16.9 Å². The topological polar surface area (TPSA) is 77.8 Å². The maximum Gasteiger partial charge on any atom is 0.288 e. The van der Waals surface area contributed by atoms with Gasteiger partial charge in [-0.1, -0.05) is 35.8 Å². The van der Waals surface area contributed by atoms with Crippen molar-refractivity contribution in [1.29, 1.82) is 0 Å². The molecule has 1 unspecified atom stereocenters. The Labute approximate surface area is 175 Å². The second kappa shape index (κ2) is 7.55. The summed E-state index contributed by atoms with van der Waals surface area (Å²) in [5.74, 6) is 1.17. The Morgan fingerprint density at radius 2 is 1.93 bits per heavy atom. The Balaban J connectivity index is 1.81. The van der Waals surface area contributed by atoms with E-state index in [1.54, 1.807) is 37.4 Å². The Kier molecular flexibility index (Phi) is 5.08. The number of ether oxygens (including phenoxy) is 2. The number of halogens is 1. The predicted molar refractivity (Wildman–Crippen MR) is 113 cm³/mol. The molecule has 150 valence electrons. The van der Waals surface area contributed by atoms with Crippen molar-refractivity contribution in [3.8, 4) is 11.5 Å². The van der Waals surface area contributed by atoms with E-state index in [2.05, 4.69) is 35.1 Å². The molecule has 2 aromatic carbocycles. The summed E-state index contributed by atoms with van der Waals surface area (Å²) in [5, 5.41) is 3.27. The largest absolute Gasteiger partial charge is 0.493 e. The third-order valence-corrected chi connectivity index (χ3v) is 5.24. The molecule has 29 heavy (non-hydrogen) atoms. The number of hydrogen-bond donors (Lipinski definition) is 1. The summed E-state index contributed by atoms with van der Waals surface area (Å²) in [6.45, 7) is 4.69. The van der Waals surface area contributed by atoms with Gasteiger partial charge in [-0.25, -0.2) is 0 Å². The number of amides is 1. The predicted octanol–water partition coefficient (Wildman–Crippen LogP) is 4.43. The highest BCUT2D eigenvalue weighted by atomic mass is 79.9. The van der Waals surface area contributed by atoms with Gasteiger partial charge in [-0.05, 0) is 41.8 Å². The Morgan fingerprint density at radius 1 is 1.14 bits per heavy atom. The van der Waals surface area contributed by atoms with E-state index in [4.69, 9.17) is 13.9 Å². The number of benzene rings is 2. The molecule has 0 radical (unpaired) electrons. The van der Waals surface area contributed by atoms with E-state index in [1.165, 1.54) is 0 Å². The second-order valence-corrected chi connectivity index (χ2v) is 8.25. The van der Waals surface area contributed by atoms with E-state index in [-0.39, 0.29) is 11.2 Å². The highest BCUT2D eigenvalue weighted by molar-refractivity contribution is 9.10. The molecule has 1 aromatic heterocycles. The molecule has 0 fully saturated rings. The van der Waals surface area contributed by atoms with Crippen molar-refractivity contribution in [2.75, 3.05) is 13.7 Å². The molecule has 6 nitrogen and oxygen atoms in total. The molecule has 0 saturated carbocycles. The first-order chi connectivity index (χ1) is 13.9. The third-order valence-electron chi connectivity index (χ3n) is 4.75. The molecular formula is C22H20BrNO5. The lowest BCUT2D eigenvalue weighted by molar-refractivity contribution is 0.0938. The zero-order chi connectivity index (χ0) is 20.7. The summed E-state index contributed by atoms with van der Waals surface area (Å²) in [6, 6.07) is 9.91. The number of fused-ring (bicyclic) bond motifs is 2. The van der Waals surface area contributed by atoms with E-state index in [0.29, 0.717) is 46.1 Å². The van der Waals surface area contributed by atoms with Crippen LogP contribution in [0.25, 0.3) is 11.0 Å². The molecule has 1 aliphatic rings. The maximum absolute atomic E-state index is 13.2. The average molecular weight is 458 g/mol. The molecule has 2 heterocycles. The van der Waals surface area contributed by atoms with Gasteiger partial charge >= 0.3 is 0 Å². The van der Waals surface area contributed by atoms with Crippen LogP contribution >= 0.6 is 15.9 Å². The average Bonchev–Trinajstić information content (AvgIpc) is 3.03. The van der Waals surface area contributed by atoms with Crippen LogP contribution in [-0.2, 0) is 0 Å². The molecular weight excluding hydrogens is 438 g/mol. The lowest BCUT2D eigenvalue weighted by Crippen LogP contribution is -2.22. The van der Waals surface area contributed by atoms with Crippen molar-refractivity contribution in [1.82, 2.24) is 5.32 Å². The maximum atomic E-state index is 13.2. The molecule has 0 saturated heterocycles. The molecule has 0 aliphatic carbocycles. The minimum atomic E-state index is -0.620. The van der Waals surface area contributed by atoms with Crippen LogP contribution in [0.1, 0.15) is 41.6 Å². The van der Waals surface area contributed by atoms with Crippen molar-refractivity contribution >= 4 is 32.8 Å². The number of carbonyl (C=O) groups excluding carboxylic acids is 1. The van der Waals surface area contributed by atoms with Crippen LogP contribution in [0.4, 0.5) is 0 Å². The fraction of sp³-hybridized carbons (Fsp3) is 0.273. The molecule has 1 N–H and O–H groups in total. The van der Waals surface area contributed by atoms with Crippen LogP contribution in [0, 0.1) is 5.92 Å². The Morgan fingerprint density at radius 3 is 2.66 bits per heavy atom. The zero-order valence-corrected chi connectivity index (χ0v) is 17.8. The first kappa shape index (κ1) is 19.5. The van der Waals surface area contributed by atoms with E-state index in [1.807, 2.05) is 6.07 Å². The minimum absolute atomic E-state index is 0.0499. The van der Waals surface area contributed by atoms with E-state index < -0.39 is 11.9 Å². The number of carbonyl (C=O) groups is 1. The molecule has 7 heteroatoms.